The Labute approximate surface area is 167 Å². The average Bonchev–Trinajstić information content (AvgIpc) is 3.30. The van der Waals surface area contributed by atoms with Gasteiger partial charge in [-0.25, -0.2) is 0 Å². The number of aryl methyl sites for hydroxylation is 1. The van der Waals surface area contributed by atoms with Gasteiger partial charge in [-0.15, -0.1) is 0 Å². The molecule has 1 atom stereocenters. The molecule has 0 radical (unpaired) electrons. The fraction of sp³-hybridized carbons (Fsp3) is 0.591. The third-order valence-corrected chi connectivity index (χ3v) is 5.14. The standard InChI is InChI=1S/C22H31N3O3/c1-22(2,3)15-17-7-6-14-25(17)20(26)9-5-8-19-23-21(24-28-19)16-10-12-18(27-4)13-11-16/h10-13,17H,5-9,14-15H2,1-4H3. The van der Waals surface area contributed by atoms with Crippen LogP contribution in [0.5, 0.6) is 5.75 Å². The highest BCUT2D eigenvalue weighted by molar-refractivity contribution is 5.76. The highest BCUT2D eigenvalue weighted by Crippen LogP contribution is 2.30. The molecule has 1 amide bonds. The first kappa shape index (κ1) is 20.4. The number of carbonyl (C=O) groups excluding carboxylic acids is 1. The van der Waals surface area contributed by atoms with Gasteiger partial charge in [0, 0.05) is 31.0 Å². The first-order valence-corrected chi connectivity index (χ1v) is 10.1. The first-order chi connectivity index (χ1) is 13.4. The second-order valence-electron chi connectivity index (χ2n) is 8.74. The van der Waals surface area contributed by atoms with Crippen LogP contribution in [-0.4, -0.2) is 40.6 Å². The fourth-order valence-electron chi connectivity index (χ4n) is 3.83. The molecule has 1 unspecified atom stereocenters. The minimum absolute atomic E-state index is 0.245. The van der Waals surface area contributed by atoms with Crippen molar-refractivity contribution >= 4 is 5.91 Å². The normalized spacial score (nSPS) is 17.1. The molecule has 6 nitrogen and oxygen atoms in total. The highest BCUT2D eigenvalue weighted by Gasteiger charge is 2.31. The van der Waals surface area contributed by atoms with Crippen LogP contribution in [0.15, 0.2) is 28.8 Å². The number of rotatable bonds is 7. The van der Waals surface area contributed by atoms with Gasteiger partial charge in [0.25, 0.3) is 0 Å². The van der Waals surface area contributed by atoms with Crippen LogP contribution in [0.1, 0.15) is 58.8 Å². The molecule has 3 rings (SSSR count). The van der Waals surface area contributed by atoms with Gasteiger partial charge in [-0.3, -0.25) is 4.79 Å². The van der Waals surface area contributed by atoms with Crippen LogP contribution >= 0.6 is 0 Å². The van der Waals surface area contributed by atoms with Crippen LogP contribution in [0.4, 0.5) is 0 Å². The van der Waals surface area contributed by atoms with Gasteiger partial charge in [-0.05, 0) is 55.4 Å². The minimum Gasteiger partial charge on any atom is -0.497 e. The lowest BCUT2D eigenvalue weighted by atomic mass is 9.87. The second-order valence-corrected chi connectivity index (χ2v) is 8.74. The summed E-state index contributed by atoms with van der Waals surface area (Å²) in [5.74, 6) is 2.18. The summed E-state index contributed by atoms with van der Waals surface area (Å²) in [6.45, 7) is 7.61. The predicted octanol–water partition coefficient (Wildman–Crippen LogP) is 4.50. The van der Waals surface area contributed by atoms with Crippen LogP contribution in [0.3, 0.4) is 0 Å². The van der Waals surface area contributed by atoms with E-state index in [0.29, 0.717) is 30.6 Å². The predicted molar refractivity (Wildman–Crippen MR) is 108 cm³/mol. The van der Waals surface area contributed by atoms with E-state index in [-0.39, 0.29) is 11.3 Å². The average molecular weight is 386 g/mol. The maximum atomic E-state index is 12.7. The number of hydrogen-bond acceptors (Lipinski definition) is 5. The Balaban J connectivity index is 1.49. The molecule has 1 aromatic heterocycles. The van der Waals surface area contributed by atoms with E-state index < -0.39 is 0 Å². The molecular formula is C22H31N3O3. The highest BCUT2D eigenvalue weighted by atomic mass is 16.5. The van der Waals surface area contributed by atoms with E-state index in [9.17, 15) is 4.79 Å². The topological polar surface area (TPSA) is 68.5 Å². The van der Waals surface area contributed by atoms with Gasteiger partial charge in [-0.2, -0.15) is 4.98 Å². The minimum atomic E-state index is 0.245. The summed E-state index contributed by atoms with van der Waals surface area (Å²) >= 11 is 0. The number of likely N-dealkylation sites (tertiary alicyclic amines) is 1. The molecule has 0 N–H and O–H groups in total. The van der Waals surface area contributed by atoms with Crippen molar-refractivity contribution in [2.45, 2.75) is 65.3 Å². The molecular weight excluding hydrogens is 354 g/mol. The summed E-state index contributed by atoms with van der Waals surface area (Å²) in [6, 6.07) is 7.93. The summed E-state index contributed by atoms with van der Waals surface area (Å²) in [7, 11) is 1.64. The number of hydrogen-bond donors (Lipinski definition) is 0. The maximum Gasteiger partial charge on any atom is 0.226 e. The van der Waals surface area contributed by atoms with Crippen molar-refractivity contribution < 1.29 is 14.1 Å². The van der Waals surface area contributed by atoms with Crippen LogP contribution in [0, 0.1) is 5.41 Å². The number of carbonyl (C=O) groups is 1. The Morgan fingerprint density at radius 3 is 2.71 bits per heavy atom. The Kier molecular flexibility index (Phi) is 6.37. The van der Waals surface area contributed by atoms with Crippen LogP contribution in [0.2, 0.25) is 0 Å². The van der Waals surface area contributed by atoms with Crippen molar-refractivity contribution in [3.63, 3.8) is 0 Å². The van der Waals surface area contributed by atoms with Crippen LogP contribution < -0.4 is 4.74 Å². The Morgan fingerprint density at radius 1 is 1.29 bits per heavy atom. The molecule has 28 heavy (non-hydrogen) atoms. The SMILES string of the molecule is COc1ccc(-c2noc(CCCC(=O)N3CCCC3CC(C)(C)C)n2)cc1. The molecule has 0 aliphatic carbocycles. The van der Waals surface area contributed by atoms with Crippen molar-refractivity contribution in [1.82, 2.24) is 15.0 Å². The van der Waals surface area contributed by atoms with E-state index in [2.05, 4.69) is 35.8 Å². The van der Waals surface area contributed by atoms with Crippen molar-refractivity contribution in [3.05, 3.63) is 30.2 Å². The van der Waals surface area contributed by atoms with Gasteiger partial charge in [0.2, 0.25) is 17.6 Å². The Morgan fingerprint density at radius 2 is 2.04 bits per heavy atom. The zero-order chi connectivity index (χ0) is 20.1. The lowest BCUT2D eigenvalue weighted by Gasteiger charge is -2.30. The molecule has 1 fully saturated rings. The van der Waals surface area contributed by atoms with Crippen molar-refractivity contribution in [3.8, 4) is 17.1 Å². The third kappa shape index (κ3) is 5.33. The molecule has 6 heteroatoms. The van der Waals surface area contributed by atoms with Gasteiger partial charge in [0.15, 0.2) is 0 Å². The van der Waals surface area contributed by atoms with Gasteiger partial charge < -0.3 is 14.2 Å². The maximum absolute atomic E-state index is 12.7. The molecule has 1 aliphatic heterocycles. The lowest BCUT2D eigenvalue weighted by Crippen LogP contribution is -2.37. The van der Waals surface area contributed by atoms with Crippen molar-refractivity contribution in [2.75, 3.05) is 13.7 Å². The van der Waals surface area contributed by atoms with Crippen LogP contribution in [0.25, 0.3) is 11.4 Å². The molecule has 152 valence electrons. The smallest absolute Gasteiger partial charge is 0.226 e. The summed E-state index contributed by atoms with van der Waals surface area (Å²) in [5.41, 5.74) is 1.13. The van der Waals surface area contributed by atoms with Gasteiger partial charge >= 0.3 is 0 Å². The van der Waals surface area contributed by atoms with E-state index in [0.717, 1.165) is 43.5 Å². The monoisotopic (exact) mass is 385 g/mol. The van der Waals surface area contributed by atoms with E-state index in [1.54, 1.807) is 7.11 Å². The molecule has 1 aromatic carbocycles. The van der Waals surface area contributed by atoms with E-state index in [1.807, 2.05) is 24.3 Å². The van der Waals surface area contributed by atoms with E-state index in [1.165, 1.54) is 0 Å². The van der Waals surface area contributed by atoms with E-state index >= 15 is 0 Å². The molecule has 0 saturated carbocycles. The molecule has 0 spiro atoms. The summed E-state index contributed by atoms with van der Waals surface area (Å²) in [4.78, 5) is 19.2. The zero-order valence-corrected chi connectivity index (χ0v) is 17.4. The largest absolute Gasteiger partial charge is 0.497 e. The first-order valence-electron chi connectivity index (χ1n) is 10.1. The summed E-state index contributed by atoms with van der Waals surface area (Å²) in [6.07, 6.45) is 5.17. The van der Waals surface area contributed by atoms with Crippen molar-refractivity contribution in [1.29, 1.82) is 0 Å². The van der Waals surface area contributed by atoms with Crippen molar-refractivity contribution in [2.24, 2.45) is 5.41 Å². The van der Waals surface area contributed by atoms with Gasteiger partial charge in [-0.1, -0.05) is 25.9 Å². The number of benzene rings is 1. The molecule has 2 heterocycles. The molecule has 2 aromatic rings. The Bertz CT molecular complexity index is 777. The molecule has 1 saturated heterocycles. The van der Waals surface area contributed by atoms with Crippen LogP contribution in [-0.2, 0) is 11.2 Å². The third-order valence-electron chi connectivity index (χ3n) is 5.14. The molecule has 0 bridgehead atoms. The lowest BCUT2D eigenvalue weighted by molar-refractivity contribution is -0.132. The number of nitrogens with zero attached hydrogens (tertiary/aromatic N) is 3. The Hall–Kier alpha value is -2.37. The quantitative estimate of drug-likeness (QED) is 0.702. The number of ether oxygens (including phenoxy) is 1. The molecule has 1 aliphatic rings. The number of methoxy groups -OCH3 is 1. The number of aromatic nitrogens is 2. The van der Waals surface area contributed by atoms with Gasteiger partial charge in [0.1, 0.15) is 5.75 Å². The summed E-state index contributed by atoms with van der Waals surface area (Å²) in [5, 5.41) is 4.05. The van der Waals surface area contributed by atoms with E-state index in [4.69, 9.17) is 9.26 Å². The second kappa shape index (κ2) is 8.76. The fourth-order valence-corrected chi connectivity index (χ4v) is 3.83. The summed E-state index contributed by atoms with van der Waals surface area (Å²) < 4.78 is 10.5. The zero-order valence-electron chi connectivity index (χ0n) is 17.4. The van der Waals surface area contributed by atoms with Gasteiger partial charge in [0.05, 0.1) is 7.11 Å². The number of amides is 1.